The van der Waals surface area contributed by atoms with E-state index in [1.54, 1.807) is 6.20 Å². The number of aromatic nitrogens is 1. The van der Waals surface area contributed by atoms with E-state index in [0.717, 1.165) is 28.0 Å². The fraction of sp³-hybridized carbons (Fsp3) is 0. The normalized spacial score (nSPS) is 10.6. The number of hydrogen-bond donors (Lipinski definition) is 2. The number of hydrogen-bond acceptors (Lipinski definition) is 3. The number of halogens is 1. The second-order valence-corrected chi connectivity index (χ2v) is 5.48. The molecule has 0 amide bonds. The lowest BCUT2D eigenvalue weighted by atomic mass is 10.1. The Hall–Kier alpha value is -1.82. The SMILES string of the molecule is Nc1ccc(Nc2cccc(I)c2)c2ncccc12. The molecular weight excluding hydrogens is 349 g/mol. The van der Waals surface area contributed by atoms with Crippen molar-refractivity contribution in [3.8, 4) is 0 Å². The Bertz CT molecular complexity index is 740. The highest BCUT2D eigenvalue weighted by Gasteiger charge is 2.05. The lowest BCUT2D eigenvalue weighted by Crippen LogP contribution is -1.95. The summed E-state index contributed by atoms with van der Waals surface area (Å²) < 4.78 is 1.19. The number of fused-ring (bicyclic) bond motifs is 1. The van der Waals surface area contributed by atoms with Crippen molar-refractivity contribution in [3.63, 3.8) is 0 Å². The zero-order valence-electron chi connectivity index (χ0n) is 10.1. The number of nitrogens with one attached hydrogen (secondary N) is 1. The van der Waals surface area contributed by atoms with E-state index in [2.05, 4.69) is 45.0 Å². The van der Waals surface area contributed by atoms with Gasteiger partial charge in [0, 0.05) is 26.5 Å². The largest absolute Gasteiger partial charge is 0.398 e. The van der Waals surface area contributed by atoms with Gasteiger partial charge in [0.05, 0.1) is 11.2 Å². The van der Waals surface area contributed by atoms with Crippen LogP contribution in [0.25, 0.3) is 10.9 Å². The molecule has 94 valence electrons. The van der Waals surface area contributed by atoms with Crippen LogP contribution in [0.1, 0.15) is 0 Å². The minimum atomic E-state index is 0.747. The lowest BCUT2D eigenvalue weighted by Gasteiger charge is -2.10. The van der Waals surface area contributed by atoms with E-state index in [1.807, 2.05) is 36.4 Å². The van der Waals surface area contributed by atoms with Crippen LogP contribution in [-0.2, 0) is 0 Å². The Morgan fingerprint density at radius 1 is 1.05 bits per heavy atom. The molecule has 2 aromatic carbocycles. The number of pyridine rings is 1. The molecular formula is C15H12IN3. The quantitative estimate of drug-likeness (QED) is 0.532. The van der Waals surface area contributed by atoms with E-state index >= 15 is 0 Å². The molecule has 3 N–H and O–H groups in total. The zero-order valence-corrected chi connectivity index (χ0v) is 12.3. The standard InChI is InChI=1S/C15H12IN3/c16-10-3-1-4-11(9-10)19-14-7-6-13(17)12-5-2-8-18-15(12)14/h1-9,19H,17H2. The van der Waals surface area contributed by atoms with Gasteiger partial charge in [0.15, 0.2) is 0 Å². The molecule has 3 nitrogen and oxygen atoms in total. The summed E-state index contributed by atoms with van der Waals surface area (Å²) in [6.45, 7) is 0. The Balaban J connectivity index is 2.09. The van der Waals surface area contributed by atoms with Gasteiger partial charge in [-0.05, 0) is 65.1 Å². The van der Waals surface area contributed by atoms with Crippen LogP contribution in [0.5, 0.6) is 0 Å². The summed E-state index contributed by atoms with van der Waals surface area (Å²) in [7, 11) is 0. The van der Waals surface area contributed by atoms with Gasteiger partial charge in [-0.25, -0.2) is 0 Å². The molecule has 0 bridgehead atoms. The molecule has 1 heterocycles. The molecule has 0 atom stereocenters. The highest BCUT2D eigenvalue weighted by molar-refractivity contribution is 14.1. The van der Waals surface area contributed by atoms with E-state index in [1.165, 1.54) is 3.57 Å². The molecule has 0 fully saturated rings. The number of nitrogens with zero attached hydrogens (tertiary/aromatic N) is 1. The number of nitrogen functional groups attached to an aromatic ring is 1. The monoisotopic (exact) mass is 361 g/mol. The maximum atomic E-state index is 5.97. The third kappa shape index (κ3) is 2.49. The van der Waals surface area contributed by atoms with Gasteiger partial charge >= 0.3 is 0 Å². The Morgan fingerprint density at radius 2 is 1.95 bits per heavy atom. The number of anilines is 3. The summed E-state index contributed by atoms with van der Waals surface area (Å²) in [5.74, 6) is 0. The molecule has 0 unspecified atom stereocenters. The molecule has 0 radical (unpaired) electrons. The van der Waals surface area contributed by atoms with Crippen molar-refractivity contribution in [2.24, 2.45) is 0 Å². The highest BCUT2D eigenvalue weighted by Crippen LogP contribution is 2.28. The number of nitrogens with two attached hydrogens (primary N) is 1. The second-order valence-electron chi connectivity index (χ2n) is 4.24. The molecule has 0 saturated carbocycles. The zero-order chi connectivity index (χ0) is 13.2. The van der Waals surface area contributed by atoms with Crippen LogP contribution in [0.4, 0.5) is 17.1 Å². The van der Waals surface area contributed by atoms with Gasteiger partial charge in [-0.1, -0.05) is 6.07 Å². The molecule has 0 saturated heterocycles. The first-order valence-corrected chi connectivity index (χ1v) is 6.98. The fourth-order valence-corrected chi connectivity index (χ4v) is 2.56. The third-order valence-electron chi connectivity index (χ3n) is 2.91. The second kappa shape index (κ2) is 5.05. The topological polar surface area (TPSA) is 50.9 Å². The smallest absolute Gasteiger partial charge is 0.0957 e. The van der Waals surface area contributed by atoms with Crippen molar-refractivity contribution in [2.45, 2.75) is 0 Å². The molecule has 0 aliphatic rings. The van der Waals surface area contributed by atoms with E-state index in [4.69, 9.17) is 5.73 Å². The first-order chi connectivity index (χ1) is 9.24. The average molecular weight is 361 g/mol. The molecule has 1 aromatic heterocycles. The van der Waals surface area contributed by atoms with Crippen molar-refractivity contribution in [3.05, 3.63) is 58.3 Å². The van der Waals surface area contributed by atoms with Crippen LogP contribution in [0.2, 0.25) is 0 Å². The Kier molecular flexibility index (Phi) is 3.25. The van der Waals surface area contributed by atoms with Crippen molar-refractivity contribution < 1.29 is 0 Å². The van der Waals surface area contributed by atoms with Crippen LogP contribution in [-0.4, -0.2) is 4.98 Å². The number of rotatable bonds is 2. The molecule has 4 heteroatoms. The Labute approximate surface area is 125 Å². The van der Waals surface area contributed by atoms with Gasteiger partial charge in [0.25, 0.3) is 0 Å². The highest BCUT2D eigenvalue weighted by atomic mass is 127. The maximum absolute atomic E-state index is 5.97. The summed E-state index contributed by atoms with van der Waals surface area (Å²) in [5.41, 5.74) is 9.62. The van der Waals surface area contributed by atoms with E-state index < -0.39 is 0 Å². The van der Waals surface area contributed by atoms with Crippen molar-refractivity contribution in [2.75, 3.05) is 11.1 Å². The van der Waals surface area contributed by atoms with Crippen molar-refractivity contribution >= 4 is 50.6 Å². The summed E-state index contributed by atoms with van der Waals surface area (Å²) in [6.07, 6.45) is 1.78. The molecule has 0 aliphatic heterocycles. The minimum absolute atomic E-state index is 0.747. The first kappa shape index (κ1) is 12.2. The van der Waals surface area contributed by atoms with Gasteiger partial charge in [0.1, 0.15) is 0 Å². The third-order valence-corrected chi connectivity index (χ3v) is 3.58. The van der Waals surface area contributed by atoms with Gasteiger partial charge in [-0.15, -0.1) is 0 Å². The van der Waals surface area contributed by atoms with Crippen LogP contribution in [0.3, 0.4) is 0 Å². The van der Waals surface area contributed by atoms with Crippen molar-refractivity contribution in [1.82, 2.24) is 4.98 Å². The van der Waals surface area contributed by atoms with E-state index in [-0.39, 0.29) is 0 Å². The molecule has 3 aromatic rings. The Morgan fingerprint density at radius 3 is 2.79 bits per heavy atom. The van der Waals surface area contributed by atoms with Crippen molar-refractivity contribution in [1.29, 1.82) is 0 Å². The number of benzene rings is 2. The summed E-state index contributed by atoms with van der Waals surface area (Å²) in [6, 6.07) is 16.0. The molecule has 19 heavy (non-hydrogen) atoms. The fourth-order valence-electron chi connectivity index (χ4n) is 2.02. The van der Waals surface area contributed by atoms with Crippen LogP contribution in [0.15, 0.2) is 54.7 Å². The molecule has 0 spiro atoms. The minimum Gasteiger partial charge on any atom is -0.398 e. The predicted molar refractivity (Wildman–Crippen MR) is 88.6 cm³/mol. The molecule has 0 aliphatic carbocycles. The summed E-state index contributed by atoms with van der Waals surface area (Å²) in [4.78, 5) is 4.42. The van der Waals surface area contributed by atoms with Crippen LogP contribution < -0.4 is 11.1 Å². The first-order valence-electron chi connectivity index (χ1n) is 5.90. The predicted octanol–water partition coefficient (Wildman–Crippen LogP) is 4.17. The maximum Gasteiger partial charge on any atom is 0.0957 e. The van der Waals surface area contributed by atoms with Gasteiger partial charge < -0.3 is 11.1 Å². The lowest BCUT2D eigenvalue weighted by molar-refractivity contribution is 1.40. The average Bonchev–Trinajstić information content (AvgIpc) is 2.42. The van der Waals surface area contributed by atoms with Crippen LogP contribution >= 0.6 is 22.6 Å². The van der Waals surface area contributed by atoms with E-state index in [0.29, 0.717) is 0 Å². The van der Waals surface area contributed by atoms with Crippen LogP contribution in [0, 0.1) is 3.57 Å². The summed E-state index contributed by atoms with van der Waals surface area (Å²) >= 11 is 2.30. The van der Waals surface area contributed by atoms with Gasteiger partial charge in [-0.3, -0.25) is 4.98 Å². The van der Waals surface area contributed by atoms with E-state index in [9.17, 15) is 0 Å². The molecule has 3 rings (SSSR count). The van der Waals surface area contributed by atoms with Gasteiger partial charge in [0.2, 0.25) is 0 Å². The van der Waals surface area contributed by atoms with Gasteiger partial charge in [-0.2, -0.15) is 0 Å². The summed E-state index contributed by atoms with van der Waals surface area (Å²) in [5, 5.41) is 4.36.